The average Bonchev–Trinajstić information content (AvgIpc) is 2.83. The lowest BCUT2D eigenvalue weighted by atomic mass is 10.2. The normalized spacial score (nSPS) is 13.3. The van der Waals surface area contributed by atoms with Gasteiger partial charge in [0, 0.05) is 19.7 Å². The number of ether oxygens (including phenoxy) is 2. The molecule has 0 unspecified atom stereocenters. The summed E-state index contributed by atoms with van der Waals surface area (Å²) in [5.74, 6) is 1.36. The molecule has 0 saturated heterocycles. The molecule has 1 aromatic rings. The first-order chi connectivity index (χ1) is 8.74. The molecule has 0 bridgehead atoms. The Morgan fingerprint density at radius 1 is 1.39 bits per heavy atom. The number of aliphatic hydroxyl groups excluding tert-OH is 1. The Morgan fingerprint density at radius 3 is 2.94 bits per heavy atom. The van der Waals surface area contributed by atoms with Crippen LogP contribution in [0.3, 0.4) is 0 Å². The van der Waals surface area contributed by atoms with Crippen LogP contribution >= 0.6 is 11.6 Å². The van der Waals surface area contributed by atoms with Gasteiger partial charge in [-0.2, -0.15) is 0 Å². The van der Waals surface area contributed by atoms with Gasteiger partial charge < -0.3 is 14.6 Å². The van der Waals surface area contributed by atoms with Crippen molar-refractivity contribution in [2.24, 2.45) is 0 Å². The van der Waals surface area contributed by atoms with E-state index in [9.17, 15) is 0 Å². The number of aliphatic hydroxyl groups is 1. The molecule has 5 heteroatoms. The Labute approximate surface area is 112 Å². The van der Waals surface area contributed by atoms with Crippen molar-refractivity contribution in [3.8, 4) is 11.5 Å². The lowest BCUT2D eigenvalue weighted by Crippen LogP contribution is -2.24. The minimum atomic E-state index is 0.221. The van der Waals surface area contributed by atoms with Crippen LogP contribution in [0.5, 0.6) is 11.5 Å². The van der Waals surface area contributed by atoms with Gasteiger partial charge in [0.25, 0.3) is 0 Å². The highest BCUT2D eigenvalue weighted by Crippen LogP contribution is 2.39. The van der Waals surface area contributed by atoms with Crippen molar-refractivity contribution < 1.29 is 14.6 Å². The van der Waals surface area contributed by atoms with Gasteiger partial charge in [0.1, 0.15) is 0 Å². The molecule has 0 atom stereocenters. The fourth-order valence-corrected chi connectivity index (χ4v) is 2.30. The van der Waals surface area contributed by atoms with E-state index < -0.39 is 0 Å². The second-order valence-corrected chi connectivity index (χ2v) is 4.66. The highest BCUT2D eigenvalue weighted by Gasteiger charge is 2.18. The molecule has 100 valence electrons. The maximum Gasteiger partial charge on any atom is 0.231 e. The summed E-state index contributed by atoms with van der Waals surface area (Å²) in [6, 6.07) is 3.88. The predicted octanol–water partition coefficient (Wildman–Crippen LogP) is 2.27. The minimum Gasteiger partial charge on any atom is -0.454 e. The van der Waals surface area contributed by atoms with E-state index in [4.69, 9.17) is 26.2 Å². The molecule has 1 heterocycles. The van der Waals surface area contributed by atoms with Crippen LogP contribution in [0.1, 0.15) is 18.9 Å². The topological polar surface area (TPSA) is 41.9 Å². The fraction of sp³-hybridized carbons (Fsp3) is 0.538. The van der Waals surface area contributed by atoms with Crippen molar-refractivity contribution >= 4 is 11.6 Å². The number of fused-ring (bicyclic) bond motifs is 1. The van der Waals surface area contributed by atoms with Crippen LogP contribution in [0.4, 0.5) is 0 Å². The van der Waals surface area contributed by atoms with Crippen molar-refractivity contribution in [3.63, 3.8) is 0 Å². The third-order valence-corrected chi connectivity index (χ3v) is 3.25. The summed E-state index contributed by atoms with van der Waals surface area (Å²) in [5.41, 5.74) is 1.10. The van der Waals surface area contributed by atoms with Gasteiger partial charge in [-0.25, -0.2) is 0 Å². The molecule has 0 fully saturated rings. The number of hydrogen-bond donors (Lipinski definition) is 1. The molecule has 0 aliphatic carbocycles. The molecule has 0 saturated carbocycles. The van der Waals surface area contributed by atoms with Crippen molar-refractivity contribution in [2.45, 2.75) is 19.9 Å². The molecular weight excluding hydrogens is 254 g/mol. The van der Waals surface area contributed by atoms with Crippen LogP contribution in [0, 0.1) is 0 Å². The Balaban J connectivity index is 2.07. The van der Waals surface area contributed by atoms with E-state index in [2.05, 4.69) is 11.8 Å². The van der Waals surface area contributed by atoms with Crippen LogP contribution in [0.2, 0.25) is 5.02 Å². The van der Waals surface area contributed by atoms with Crippen LogP contribution in [-0.4, -0.2) is 36.5 Å². The molecule has 0 spiro atoms. The van der Waals surface area contributed by atoms with Gasteiger partial charge in [0.05, 0.1) is 5.02 Å². The summed E-state index contributed by atoms with van der Waals surface area (Å²) in [6.45, 7) is 5.17. The highest BCUT2D eigenvalue weighted by molar-refractivity contribution is 6.32. The van der Waals surface area contributed by atoms with Gasteiger partial charge in [-0.1, -0.05) is 18.5 Å². The van der Waals surface area contributed by atoms with E-state index in [1.54, 1.807) is 0 Å². The maximum atomic E-state index is 8.86. The van der Waals surface area contributed by atoms with Gasteiger partial charge in [0.15, 0.2) is 11.5 Å². The molecule has 1 N–H and O–H groups in total. The van der Waals surface area contributed by atoms with Crippen molar-refractivity contribution in [1.82, 2.24) is 4.90 Å². The second kappa shape index (κ2) is 6.27. The monoisotopic (exact) mass is 271 g/mol. The summed E-state index contributed by atoms with van der Waals surface area (Å²) in [4.78, 5) is 2.25. The maximum absolute atomic E-state index is 8.86. The first-order valence-electron chi connectivity index (χ1n) is 6.15. The lowest BCUT2D eigenvalue weighted by molar-refractivity contribution is 0.174. The highest BCUT2D eigenvalue weighted by atomic mass is 35.5. The van der Waals surface area contributed by atoms with Crippen LogP contribution in [-0.2, 0) is 6.54 Å². The molecular formula is C13H18ClNO3. The number of nitrogens with zero attached hydrogens (tertiary/aromatic N) is 1. The Hall–Kier alpha value is -0.970. The first-order valence-corrected chi connectivity index (χ1v) is 6.53. The van der Waals surface area contributed by atoms with Crippen LogP contribution < -0.4 is 9.47 Å². The van der Waals surface area contributed by atoms with Crippen molar-refractivity contribution in [1.29, 1.82) is 0 Å². The lowest BCUT2D eigenvalue weighted by Gasteiger charge is -2.20. The average molecular weight is 272 g/mol. The van der Waals surface area contributed by atoms with Gasteiger partial charge in [-0.05, 0) is 30.7 Å². The van der Waals surface area contributed by atoms with E-state index in [1.807, 2.05) is 12.1 Å². The Kier molecular flexibility index (Phi) is 4.69. The zero-order chi connectivity index (χ0) is 13.0. The first kappa shape index (κ1) is 13.5. The molecule has 18 heavy (non-hydrogen) atoms. The number of benzene rings is 1. The minimum absolute atomic E-state index is 0.221. The number of rotatable bonds is 6. The summed E-state index contributed by atoms with van der Waals surface area (Å²) >= 11 is 6.14. The summed E-state index contributed by atoms with van der Waals surface area (Å²) in [7, 11) is 0. The van der Waals surface area contributed by atoms with Gasteiger partial charge >= 0.3 is 0 Å². The van der Waals surface area contributed by atoms with E-state index in [0.29, 0.717) is 10.8 Å². The number of halogens is 1. The van der Waals surface area contributed by atoms with Crippen LogP contribution in [0.15, 0.2) is 12.1 Å². The zero-order valence-corrected chi connectivity index (χ0v) is 11.2. The largest absolute Gasteiger partial charge is 0.454 e. The molecule has 0 aromatic heterocycles. The van der Waals surface area contributed by atoms with Crippen molar-refractivity contribution in [2.75, 3.05) is 26.5 Å². The predicted molar refractivity (Wildman–Crippen MR) is 70.2 cm³/mol. The van der Waals surface area contributed by atoms with Gasteiger partial charge in [-0.15, -0.1) is 0 Å². The molecule has 4 nitrogen and oxygen atoms in total. The van der Waals surface area contributed by atoms with E-state index in [1.165, 1.54) is 0 Å². The third-order valence-electron chi connectivity index (χ3n) is 2.97. The zero-order valence-electron chi connectivity index (χ0n) is 10.5. The van der Waals surface area contributed by atoms with E-state index >= 15 is 0 Å². The van der Waals surface area contributed by atoms with E-state index in [-0.39, 0.29) is 13.4 Å². The SMILES string of the molecule is CCN(CCCO)Cc1cc(Cl)c2c(c1)OCO2. The number of hydrogen-bond acceptors (Lipinski definition) is 4. The second-order valence-electron chi connectivity index (χ2n) is 4.26. The third kappa shape index (κ3) is 3.07. The smallest absolute Gasteiger partial charge is 0.231 e. The van der Waals surface area contributed by atoms with Gasteiger partial charge in [0.2, 0.25) is 6.79 Å². The van der Waals surface area contributed by atoms with Gasteiger partial charge in [-0.3, -0.25) is 4.90 Å². The molecule has 0 amide bonds. The molecule has 1 aromatic carbocycles. The standard InChI is InChI=1S/C13H18ClNO3/c1-2-15(4-3-5-16)8-10-6-11(14)13-12(7-10)17-9-18-13/h6-7,16H,2-5,8-9H2,1H3. The Morgan fingerprint density at radius 2 is 2.22 bits per heavy atom. The van der Waals surface area contributed by atoms with E-state index in [0.717, 1.165) is 37.4 Å². The Bertz CT molecular complexity index is 411. The van der Waals surface area contributed by atoms with Crippen molar-refractivity contribution in [3.05, 3.63) is 22.7 Å². The summed E-state index contributed by atoms with van der Waals surface area (Å²) < 4.78 is 10.6. The molecule has 0 radical (unpaired) electrons. The fourth-order valence-electron chi connectivity index (χ4n) is 2.01. The summed E-state index contributed by atoms with van der Waals surface area (Å²) in [5, 5.41) is 9.46. The van der Waals surface area contributed by atoms with Crippen LogP contribution in [0.25, 0.3) is 0 Å². The summed E-state index contributed by atoms with van der Waals surface area (Å²) in [6.07, 6.45) is 0.784. The molecule has 1 aliphatic rings. The molecule has 1 aliphatic heterocycles. The molecule has 2 rings (SSSR count). The quantitative estimate of drug-likeness (QED) is 0.862.